The summed E-state index contributed by atoms with van der Waals surface area (Å²) < 4.78 is 18.3. The van der Waals surface area contributed by atoms with Gasteiger partial charge in [0.05, 0.1) is 6.61 Å². The Kier molecular flexibility index (Phi) is 4.72. The van der Waals surface area contributed by atoms with Gasteiger partial charge in [-0.25, -0.2) is 10.2 Å². The van der Waals surface area contributed by atoms with Crippen molar-refractivity contribution in [1.29, 1.82) is 0 Å². The SMILES string of the molecule is CN(N)C(=O)CCCOc1ccccc1F. The lowest BCUT2D eigenvalue weighted by atomic mass is 10.3. The van der Waals surface area contributed by atoms with E-state index in [-0.39, 0.29) is 11.7 Å². The lowest BCUT2D eigenvalue weighted by Gasteiger charge is -2.10. The lowest BCUT2D eigenvalue weighted by molar-refractivity contribution is -0.130. The second-order valence-electron chi connectivity index (χ2n) is 3.39. The Morgan fingerprint density at radius 3 is 2.81 bits per heavy atom. The first kappa shape index (κ1) is 12.4. The van der Waals surface area contributed by atoms with Crippen molar-refractivity contribution >= 4 is 5.91 Å². The number of nitrogens with two attached hydrogens (primary N) is 1. The van der Waals surface area contributed by atoms with E-state index in [2.05, 4.69) is 0 Å². The molecule has 0 bridgehead atoms. The molecule has 0 saturated carbocycles. The van der Waals surface area contributed by atoms with Crippen LogP contribution in [0, 0.1) is 5.82 Å². The van der Waals surface area contributed by atoms with Crippen molar-refractivity contribution in [2.24, 2.45) is 5.84 Å². The summed E-state index contributed by atoms with van der Waals surface area (Å²) in [4.78, 5) is 11.1. The number of amides is 1. The fourth-order valence-corrected chi connectivity index (χ4v) is 1.14. The maximum absolute atomic E-state index is 13.1. The molecule has 0 aliphatic carbocycles. The average molecular weight is 226 g/mol. The molecule has 16 heavy (non-hydrogen) atoms. The number of rotatable bonds is 5. The molecule has 1 aromatic rings. The van der Waals surface area contributed by atoms with Crippen LogP contribution in [0.25, 0.3) is 0 Å². The Morgan fingerprint density at radius 2 is 2.19 bits per heavy atom. The third-order valence-corrected chi connectivity index (χ3v) is 2.02. The molecule has 0 saturated heterocycles. The monoisotopic (exact) mass is 226 g/mol. The fraction of sp³-hybridized carbons (Fsp3) is 0.364. The minimum absolute atomic E-state index is 0.169. The number of carbonyl (C=O) groups excluding carboxylic acids is 1. The summed E-state index contributed by atoms with van der Waals surface area (Å²) in [5, 5.41) is 1.03. The molecule has 1 rings (SSSR count). The average Bonchev–Trinajstić information content (AvgIpc) is 2.26. The highest BCUT2D eigenvalue weighted by molar-refractivity contribution is 5.75. The van der Waals surface area contributed by atoms with E-state index in [0.29, 0.717) is 19.4 Å². The molecule has 0 aromatic heterocycles. The molecular weight excluding hydrogens is 211 g/mol. The Morgan fingerprint density at radius 1 is 1.50 bits per heavy atom. The van der Waals surface area contributed by atoms with Crippen molar-refractivity contribution in [3.8, 4) is 5.75 Å². The van der Waals surface area contributed by atoms with E-state index in [1.165, 1.54) is 13.1 Å². The van der Waals surface area contributed by atoms with E-state index in [1.807, 2.05) is 0 Å². The summed E-state index contributed by atoms with van der Waals surface area (Å²) in [5.41, 5.74) is 0. The first-order valence-electron chi connectivity index (χ1n) is 5.00. The van der Waals surface area contributed by atoms with Gasteiger partial charge in [-0.3, -0.25) is 9.80 Å². The van der Waals surface area contributed by atoms with Crippen molar-refractivity contribution in [3.63, 3.8) is 0 Å². The van der Waals surface area contributed by atoms with Crippen LogP contribution in [0.15, 0.2) is 24.3 Å². The zero-order valence-electron chi connectivity index (χ0n) is 9.15. The van der Waals surface area contributed by atoms with E-state index in [4.69, 9.17) is 10.6 Å². The third-order valence-electron chi connectivity index (χ3n) is 2.02. The molecule has 0 atom stereocenters. The van der Waals surface area contributed by atoms with Crippen LogP contribution >= 0.6 is 0 Å². The molecular formula is C11H15FN2O2. The van der Waals surface area contributed by atoms with Crippen LogP contribution in [0.5, 0.6) is 5.75 Å². The Bertz CT molecular complexity index is 356. The Labute approximate surface area is 93.8 Å². The van der Waals surface area contributed by atoms with Crippen LogP contribution < -0.4 is 10.6 Å². The molecule has 5 heteroatoms. The largest absolute Gasteiger partial charge is 0.491 e. The standard InChI is InChI=1S/C11H15FN2O2/c1-14(13)11(15)7-4-8-16-10-6-3-2-5-9(10)12/h2-3,5-6H,4,7-8,13H2,1H3. The summed E-state index contributed by atoms with van der Waals surface area (Å²) in [7, 11) is 1.49. The van der Waals surface area contributed by atoms with Gasteiger partial charge in [0.15, 0.2) is 11.6 Å². The van der Waals surface area contributed by atoms with Crippen LogP contribution in [-0.2, 0) is 4.79 Å². The molecule has 88 valence electrons. The van der Waals surface area contributed by atoms with E-state index < -0.39 is 5.82 Å². The first-order valence-corrected chi connectivity index (χ1v) is 5.00. The predicted octanol–water partition coefficient (Wildman–Crippen LogP) is 1.32. The van der Waals surface area contributed by atoms with Gasteiger partial charge in [-0.05, 0) is 18.6 Å². The maximum atomic E-state index is 13.1. The normalized spacial score (nSPS) is 9.94. The van der Waals surface area contributed by atoms with Crippen molar-refractivity contribution in [2.75, 3.05) is 13.7 Å². The number of nitrogens with zero attached hydrogens (tertiary/aromatic N) is 1. The molecule has 2 N–H and O–H groups in total. The minimum Gasteiger partial charge on any atom is -0.491 e. The molecule has 0 heterocycles. The maximum Gasteiger partial charge on any atom is 0.236 e. The van der Waals surface area contributed by atoms with E-state index in [0.717, 1.165) is 5.01 Å². The summed E-state index contributed by atoms with van der Waals surface area (Å²) in [5.74, 6) is 4.87. The number of hydrogen-bond acceptors (Lipinski definition) is 3. The van der Waals surface area contributed by atoms with Crippen LogP contribution in [0.3, 0.4) is 0 Å². The van der Waals surface area contributed by atoms with E-state index >= 15 is 0 Å². The van der Waals surface area contributed by atoms with Crippen LogP contribution in [0.1, 0.15) is 12.8 Å². The van der Waals surface area contributed by atoms with E-state index in [1.54, 1.807) is 18.2 Å². The van der Waals surface area contributed by atoms with Gasteiger partial charge in [-0.15, -0.1) is 0 Å². The van der Waals surface area contributed by atoms with Crippen LogP contribution in [0.2, 0.25) is 0 Å². The molecule has 0 unspecified atom stereocenters. The van der Waals surface area contributed by atoms with Gasteiger partial charge in [0.25, 0.3) is 0 Å². The number of carbonyl (C=O) groups is 1. The third kappa shape index (κ3) is 3.86. The summed E-state index contributed by atoms with van der Waals surface area (Å²) in [6, 6.07) is 6.16. The highest BCUT2D eigenvalue weighted by Gasteiger charge is 2.05. The second-order valence-corrected chi connectivity index (χ2v) is 3.39. The summed E-state index contributed by atoms with van der Waals surface area (Å²) in [6.07, 6.45) is 0.802. The van der Waals surface area contributed by atoms with Gasteiger partial charge in [-0.1, -0.05) is 12.1 Å². The van der Waals surface area contributed by atoms with Gasteiger partial charge >= 0.3 is 0 Å². The topological polar surface area (TPSA) is 55.6 Å². The number of para-hydroxylation sites is 1. The molecule has 1 aromatic carbocycles. The predicted molar refractivity (Wildman–Crippen MR) is 58.1 cm³/mol. The smallest absolute Gasteiger partial charge is 0.236 e. The Balaban J connectivity index is 2.26. The quantitative estimate of drug-likeness (QED) is 0.356. The van der Waals surface area contributed by atoms with Crippen molar-refractivity contribution in [2.45, 2.75) is 12.8 Å². The van der Waals surface area contributed by atoms with Gasteiger partial charge in [0, 0.05) is 13.5 Å². The zero-order valence-corrected chi connectivity index (χ0v) is 9.15. The van der Waals surface area contributed by atoms with Gasteiger partial charge in [0.1, 0.15) is 0 Å². The van der Waals surface area contributed by atoms with Crippen molar-refractivity contribution in [1.82, 2.24) is 5.01 Å². The number of hydrazine groups is 1. The van der Waals surface area contributed by atoms with Crippen LogP contribution in [0.4, 0.5) is 4.39 Å². The number of hydrogen-bond donors (Lipinski definition) is 1. The van der Waals surface area contributed by atoms with Crippen LogP contribution in [-0.4, -0.2) is 24.6 Å². The van der Waals surface area contributed by atoms with Crippen molar-refractivity contribution < 1.29 is 13.9 Å². The van der Waals surface area contributed by atoms with Gasteiger partial charge in [0.2, 0.25) is 5.91 Å². The highest BCUT2D eigenvalue weighted by Crippen LogP contribution is 2.15. The second kappa shape index (κ2) is 6.07. The zero-order chi connectivity index (χ0) is 12.0. The fourth-order valence-electron chi connectivity index (χ4n) is 1.14. The molecule has 0 fully saturated rings. The summed E-state index contributed by atoms with van der Waals surface area (Å²) in [6.45, 7) is 0.292. The minimum atomic E-state index is -0.398. The molecule has 1 amide bonds. The molecule has 4 nitrogen and oxygen atoms in total. The number of benzene rings is 1. The summed E-state index contributed by atoms with van der Waals surface area (Å²) >= 11 is 0. The molecule has 0 radical (unpaired) electrons. The molecule has 0 spiro atoms. The highest BCUT2D eigenvalue weighted by atomic mass is 19.1. The van der Waals surface area contributed by atoms with Gasteiger partial charge < -0.3 is 4.74 Å². The first-order chi connectivity index (χ1) is 7.61. The van der Waals surface area contributed by atoms with Crippen molar-refractivity contribution in [3.05, 3.63) is 30.1 Å². The number of ether oxygens (including phenoxy) is 1. The molecule has 0 aliphatic rings. The lowest BCUT2D eigenvalue weighted by Crippen LogP contribution is -2.33. The van der Waals surface area contributed by atoms with Gasteiger partial charge in [-0.2, -0.15) is 0 Å². The molecule has 0 aliphatic heterocycles. The van der Waals surface area contributed by atoms with E-state index in [9.17, 15) is 9.18 Å². The Hall–Kier alpha value is -1.62. The number of halogens is 1.